The molecule has 0 unspecified atom stereocenters. The third kappa shape index (κ3) is 4.02. The van der Waals surface area contributed by atoms with E-state index in [1.165, 1.54) is 6.42 Å². The molecule has 6 heterocycles. The van der Waals surface area contributed by atoms with Crippen molar-refractivity contribution in [3.63, 3.8) is 0 Å². The largest absolute Gasteiger partial charge is 0.472 e. The molecule has 6 aromatic heterocycles. The van der Waals surface area contributed by atoms with Crippen LogP contribution in [0.3, 0.4) is 0 Å². The fourth-order valence-electron chi connectivity index (χ4n) is 5.36. The predicted octanol–water partition coefficient (Wildman–Crippen LogP) is 6.34. The minimum absolute atomic E-state index is 0.0754. The van der Waals surface area contributed by atoms with Crippen molar-refractivity contribution in [3.8, 4) is 33.8 Å². The number of fused-ring (bicyclic) bond motifs is 2. The lowest BCUT2D eigenvalue weighted by molar-refractivity contribution is -0.120. The van der Waals surface area contributed by atoms with Crippen LogP contribution in [0.15, 0.2) is 72.1 Å². The number of carbonyl (C=O) groups excluding carboxylic acids is 1. The van der Waals surface area contributed by atoms with Gasteiger partial charge in [-0.15, -0.1) is 0 Å². The van der Waals surface area contributed by atoms with Crippen LogP contribution in [0.1, 0.15) is 32.1 Å². The van der Waals surface area contributed by atoms with E-state index < -0.39 is 0 Å². The SMILES string of the molecule is O=C(Nc1cncc(-c2cc3c(-c4cc5c(-c6ccoc6)ccnc5[nH]4)n[nH]c3cn2)c1)C1CCCCC1. The Morgan fingerprint density at radius 1 is 0.974 bits per heavy atom. The Bertz CT molecular complexity index is 1760. The van der Waals surface area contributed by atoms with Gasteiger partial charge < -0.3 is 14.7 Å². The summed E-state index contributed by atoms with van der Waals surface area (Å²) in [7, 11) is 0. The van der Waals surface area contributed by atoms with Gasteiger partial charge in [-0.25, -0.2) is 4.98 Å². The molecule has 1 fully saturated rings. The van der Waals surface area contributed by atoms with E-state index in [4.69, 9.17) is 4.42 Å². The van der Waals surface area contributed by atoms with Crippen molar-refractivity contribution in [1.29, 1.82) is 0 Å². The van der Waals surface area contributed by atoms with E-state index in [2.05, 4.69) is 41.5 Å². The molecule has 38 heavy (non-hydrogen) atoms. The Labute approximate surface area is 217 Å². The number of H-pyrrole nitrogens is 2. The van der Waals surface area contributed by atoms with Gasteiger partial charge in [-0.2, -0.15) is 5.10 Å². The van der Waals surface area contributed by atoms with Gasteiger partial charge in [-0.3, -0.25) is 19.9 Å². The summed E-state index contributed by atoms with van der Waals surface area (Å²) < 4.78 is 5.29. The molecule has 1 saturated carbocycles. The Hall–Kier alpha value is -4.79. The van der Waals surface area contributed by atoms with Gasteiger partial charge in [0.05, 0.1) is 47.5 Å². The van der Waals surface area contributed by atoms with Crippen LogP contribution in [0.2, 0.25) is 0 Å². The molecule has 9 nitrogen and oxygen atoms in total. The zero-order chi connectivity index (χ0) is 25.5. The van der Waals surface area contributed by atoms with E-state index in [-0.39, 0.29) is 11.8 Å². The number of nitrogens with one attached hydrogen (secondary N) is 3. The molecule has 7 rings (SSSR count). The van der Waals surface area contributed by atoms with Crippen molar-refractivity contribution in [2.45, 2.75) is 32.1 Å². The van der Waals surface area contributed by atoms with E-state index in [0.717, 1.165) is 81.4 Å². The summed E-state index contributed by atoms with van der Waals surface area (Å²) in [4.78, 5) is 29.7. The first-order valence-corrected chi connectivity index (χ1v) is 12.8. The van der Waals surface area contributed by atoms with Crippen molar-refractivity contribution < 1.29 is 9.21 Å². The van der Waals surface area contributed by atoms with Gasteiger partial charge in [0.2, 0.25) is 5.91 Å². The second kappa shape index (κ2) is 9.26. The van der Waals surface area contributed by atoms with Gasteiger partial charge in [0.15, 0.2) is 0 Å². The van der Waals surface area contributed by atoms with Gasteiger partial charge in [0, 0.05) is 40.2 Å². The summed E-state index contributed by atoms with van der Waals surface area (Å²) in [5.74, 6) is 0.154. The Morgan fingerprint density at radius 3 is 2.76 bits per heavy atom. The van der Waals surface area contributed by atoms with Crippen LogP contribution >= 0.6 is 0 Å². The molecule has 0 aliphatic heterocycles. The normalized spacial score (nSPS) is 14.3. The molecule has 0 bridgehead atoms. The Morgan fingerprint density at radius 2 is 1.89 bits per heavy atom. The highest BCUT2D eigenvalue weighted by molar-refractivity contribution is 6.00. The second-order valence-corrected chi connectivity index (χ2v) is 9.79. The number of hydrogen-bond acceptors (Lipinski definition) is 6. The number of pyridine rings is 3. The fraction of sp³-hybridized carbons (Fsp3) is 0.207. The Balaban J connectivity index is 1.23. The van der Waals surface area contributed by atoms with E-state index in [0.29, 0.717) is 5.69 Å². The van der Waals surface area contributed by atoms with Crippen molar-refractivity contribution in [2.24, 2.45) is 5.92 Å². The number of carbonyl (C=O) groups is 1. The molecular weight excluding hydrogens is 478 g/mol. The highest BCUT2D eigenvalue weighted by Crippen LogP contribution is 2.34. The van der Waals surface area contributed by atoms with Crippen LogP contribution < -0.4 is 5.32 Å². The summed E-state index contributed by atoms with van der Waals surface area (Å²) >= 11 is 0. The van der Waals surface area contributed by atoms with Gasteiger partial charge in [-0.05, 0) is 48.7 Å². The molecule has 1 aliphatic rings. The average molecular weight is 504 g/mol. The molecule has 1 amide bonds. The van der Waals surface area contributed by atoms with Crippen molar-refractivity contribution in [1.82, 2.24) is 30.1 Å². The number of aromatic amines is 2. The third-order valence-corrected chi connectivity index (χ3v) is 7.34. The van der Waals surface area contributed by atoms with Crippen LogP contribution in [0.5, 0.6) is 0 Å². The molecule has 0 spiro atoms. The summed E-state index contributed by atoms with van der Waals surface area (Å²) in [5.41, 5.74) is 7.48. The summed E-state index contributed by atoms with van der Waals surface area (Å²) in [5, 5.41) is 12.6. The lowest BCUT2D eigenvalue weighted by atomic mass is 9.88. The van der Waals surface area contributed by atoms with Crippen molar-refractivity contribution in [3.05, 3.63) is 67.6 Å². The van der Waals surface area contributed by atoms with Crippen LogP contribution in [-0.4, -0.2) is 36.0 Å². The van der Waals surface area contributed by atoms with Crippen molar-refractivity contribution in [2.75, 3.05) is 5.32 Å². The van der Waals surface area contributed by atoms with Crippen LogP contribution in [-0.2, 0) is 4.79 Å². The zero-order valence-corrected chi connectivity index (χ0v) is 20.6. The number of rotatable bonds is 5. The van der Waals surface area contributed by atoms with Gasteiger partial charge in [-0.1, -0.05) is 19.3 Å². The highest BCUT2D eigenvalue weighted by Gasteiger charge is 2.21. The maximum Gasteiger partial charge on any atom is 0.227 e. The van der Waals surface area contributed by atoms with Crippen LogP contribution in [0.25, 0.3) is 55.7 Å². The fourth-order valence-corrected chi connectivity index (χ4v) is 5.36. The topological polar surface area (TPSA) is 125 Å². The second-order valence-electron chi connectivity index (χ2n) is 9.79. The number of hydrogen-bond donors (Lipinski definition) is 3. The molecule has 0 atom stereocenters. The van der Waals surface area contributed by atoms with E-state index in [1.54, 1.807) is 37.3 Å². The molecule has 0 radical (unpaired) electrons. The van der Waals surface area contributed by atoms with Crippen LogP contribution in [0.4, 0.5) is 5.69 Å². The maximum atomic E-state index is 12.7. The van der Waals surface area contributed by atoms with Gasteiger partial charge in [0.25, 0.3) is 0 Å². The number of anilines is 1. The third-order valence-electron chi connectivity index (χ3n) is 7.34. The smallest absolute Gasteiger partial charge is 0.227 e. The lowest BCUT2D eigenvalue weighted by Crippen LogP contribution is -2.24. The minimum Gasteiger partial charge on any atom is -0.472 e. The first-order chi connectivity index (χ1) is 18.7. The molecule has 1 aliphatic carbocycles. The van der Waals surface area contributed by atoms with Gasteiger partial charge in [0.1, 0.15) is 11.3 Å². The van der Waals surface area contributed by atoms with Crippen LogP contribution in [0, 0.1) is 5.92 Å². The van der Waals surface area contributed by atoms with E-state index in [9.17, 15) is 4.79 Å². The Kier molecular flexibility index (Phi) is 5.46. The maximum absolute atomic E-state index is 12.7. The molecule has 6 aromatic rings. The lowest BCUT2D eigenvalue weighted by Gasteiger charge is -2.20. The number of nitrogens with zero attached hydrogens (tertiary/aromatic N) is 4. The summed E-state index contributed by atoms with van der Waals surface area (Å²) in [6, 6.07) is 9.88. The van der Waals surface area contributed by atoms with E-state index in [1.807, 2.05) is 24.3 Å². The van der Waals surface area contributed by atoms with Gasteiger partial charge >= 0.3 is 0 Å². The molecular formula is C29H25N7O2. The summed E-state index contributed by atoms with van der Waals surface area (Å²) in [6.45, 7) is 0. The number of furan rings is 1. The number of amides is 1. The highest BCUT2D eigenvalue weighted by atomic mass is 16.3. The molecule has 0 saturated heterocycles. The van der Waals surface area contributed by atoms with E-state index >= 15 is 0 Å². The molecule has 3 N–H and O–H groups in total. The minimum atomic E-state index is 0.0754. The standard InChI is InChI=1S/C29H25N7O2/c37-29(17-4-2-1-3-5-17)33-20-10-19(13-30-14-20)24-12-23-26(15-32-24)35-36-27(23)25-11-22-21(18-7-9-38-16-18)6-8-31-28(22)34-25/h6-17H,1-5H2,(H,31,34)(H,33,37)(H,35,36). The zero-order valence-electron chi connectivity index (χ0n) is 20.6. The first-order valence-electron chi connectivity index (χ1n) is 12.8. The predicted molar refractivity (Wildman–Crippen MR) is 145 cm³/mol. The molecule has 9 heteroatoms. The quantitative estimate of drug-likeness (QED) is 0.252. The average Bonchev–Trinajstić information content (AvgIpc) is 3.73. The molecule has 188 valence electrons. The monoisotopic (exact) mass is 503 g/mol. The summed E-state index contributed by atoms with van der Waals surface area (Å²) in [6.07, 6.45) is 15.7. The first kappa shape index (κ1) is 22.4. The van der Waals surface area contributed by atoms with Crippen molar-refractivity contribution >= 4 is 33.5 Å². The number of aromatic nitrogens is 6. The molecule has 0 aromatic carbocycles.